The minimum atomic E-state index is -0.319. The van der Waals surface area contributed by atoms with Gasteiger partial charge >= 0.3 is 0 Å². The first-order valence-corrected chi connectivity index (χ1v) is 10.3. The van der Waals surface area contributed by atoms with Gasteiger partial charge in [0.05, 0.1) is 11.0 Å². The normalized spacial score (nSPS) is 10.8. The van der Waals surface area contributed by atoms with Crippen molar-refractivity contribution in [3.8, 4) is 0 Å². The molecular weight excluding hydrogens is 406 g/mol. The highest BCUT2D eigenvalue weighted by Gasteiger charge is 2.09. The fraction of sp³-hybridized carbons (Fsp3) is 0.167. The molecule has 4 rings (SSSR count). The number of anilines is 1. The van der Waals surface area contributed by atoms with Crippen LogP contribution in [0.5, 0.6) is 0 Å². The van der Waals surface area contributed by atoms with Gasteiger partial charge in [-0.2, -0.15) is 0 Å². The molecule has 3 N–H and O–H groups in total. The van der Waals surface area contributed by atoms with Gasteiger partial charge in [-0.1, -0.05) is 18.2 Å². The molecule has 0 bridgehead atoms. The van der Waals surface area contributed by atoms with Gasteiger partial charge in [-0.25, -0.2) is 4.98 Å². The molecule has 0 spiro atoms. The number of aryl methyl sites for hydroxylation is 1. The number of nitrogens with one attached hydrogen (secondary N) is 3. The SMILES string of the molecule is Cc1ccc(=O)n(CC(=O)Nc2ccc(C(=O)NCCc3nc4ccccc4[nH]3)cc2)c1. The van der Waals surface area contributed by atoms with Crippen LogP contribution in [0.15, 0.2) is 71.7 Å². The maximum Gasteiger partial charge on any atom is 0.251 e. The molecule has 0 aliphatic carbocycles. The van der Waals surface area contributed by atoms with E-state index in [1.54, 1.807) is 36.5 Å². The van der Waals surface area contributed by atoms with Crippen LogP contribution in [0.3, 0.4) is 0 Å². The Morgan fingerprint density at radius 1 is 1.03 bits per heavy atom. The predicted molar refractivity (Wildman–Crippen MR) is 123 cm³/mol. The molecule has 2 aromatic carbocycles. The van der Waals surface area contributed by atoms with Crippen LogP contribution in [0.25, 0.3) is 11.0 Å². The van der Waals surface area contributed by atoms with E-state index < -0.39 is 0 Å². The highest BCUT2D eigenvalue weighted by molar-refractivity contribution is 5.95. The number of carbonyl (C=O) groups is 2. The van der Waals surface area contributed by atoms with Crippen LogP contribution in [0.1, 0.15) is 21.7 Å². The number of carbonyl (C=O) groups excluding carboxylic acids is 2. The molecule has 8 heteroatoms. The largest absolute Gasteiger partial charge is 0.352 e. The molecule has 2 heterocycles. The lowest BCUT2D eigenvalue weighted by Gasteiger charge is -2.09. The monoisotopic (exact) mass is 429 g/mol. The van der Waals surface area contributed by atoms with Crippen molar-refractivity contribution in [3.05, 3.63) is 94.2 Å². The summed E-state index contributed by atoms with van der Waals surface area (Å²) >= 11 is 0. The summed E-state index contributed by atoms with van der Waals surface area (Å²) in [7, 11) is 0. The summed E-state index contributed by atoms with van der Waals surface area (Å²) in [5.74, 6) is 0.295. The fourth-order valence-corrected chi connectivity index (χ4v) is 3.36. The van der Waals surface area contributed by atoms with Gasteiger partial charge in [-0.05, 0) is 48.9 Å². The smallest absolute Gasteiger partial charge is 0.251 e. The minimum Gasteiger partial charge on any atom is -0.352 e. The summed E-state index contributed by atoms with van der Waals surface area (Å²) in [5, 5.41) is 5.61. The van der Waals surface area contributed by atoms with E-state index in [2.05, 4.69) is 20.6 Å². The summed E-state index contributed by atoms with van der Waals surface area (Å²) < 4.78 is 1.36. The summed E-state index contributed by atoms with van der Waals surface area (Å²) in [6.07, 6.45) is 2.23. The highest BCUT2D eigenvalue weighted by Crippen LogP contribution is 2.11. The van der Waals surface area contributed by atoms with Crippen LogP contribution in [0.2, 0.25) is 0 Å². The number of rotatable bonds is 7. The van der Waals surface area contributed by atoms with Crippen LogP contribution in [0.4, 0.5) is 5.69 Å². The maximum absolute atomic E-state index is 12.4. The molecule has 8 nitrogen and oxygen atoms in total. The van der Waals surface area contributed by atoms with Crippen molar-refractivity contribution in [2.45, 2.75) is 19.9 Å². The van der Waals surface area contributed by atoms with Crippen molar-refractivity contribution in [1.82, 2.24) is 19.9 Å². The Bertz CT molecular complexity index is 1290. The van der Waals surface area contributed by atoms with E-state index in [0.29, 0.717) is 24.2 Å². The number of hydrogen-bond acceptors (Lipinski definition) is 4. The number of aromatic amines is 1. The number of benzene rings is 2. The first-order valence-electron chi connectivity index (χ1n) is 10.3. The second-order valence-electron chi connectivity index (χ2n) is 7.50. The van der Waals surface area contributed by atoms with E-state index in [-0.39, 0.29) is 23.9 Å². The number of pyridine rings is 1. The molecular formula is C24H23N5O3. The molecule has 0 atom stereocenters. The maximum atomic E-state index is 12.4. The Morgan fingerprint density at radius 3 is 2.59 bits per heavy atom. The van der Waals surface area contributed by atoms with Crippen LogP contribution in [0, 0.1) is 6.92 Å². The molecule has 0 fully saturated rings. The molecule has 0 unspecified atom stereocenters. The minimum absolute atomic E-state index is 0.0788. The fourth-order valence-electron chi connectivity index (χ4n) is 3.36. The summed E-state index contributed by atoms with van der Waals surface area (Å²) in [4.78, 5) is 44.2. The van der Waals surface area contributed by atoms with Gasteiger partial charge < -0.3 is 20.2 Å². The number of imidazole rings is 1. The van der Waals surface area contributed by atoms with Crippen molar-refractivity contribution in [3.63, 3.8) is 0 Å². The number of nitrogens with zero attached hydrogens (tertiary/aromatic N) is 2. The summed E-state index contributed by atoms with van der Waals surface area (Å²) in [5.41, 5.74) is 3.57. The zero-order chi connectivity index (χ0) is 22.5. The molecule has 162 valence electrons. The topological polar surface area (TPSA) is 109 Å². The number of H-pyrrole nitrogens is 1. The average Bonchev–Trinajstić information content (AvgIpc) is 3.19. The van der Waals surface area contributed by atoms with Gasteiger partial charge in [0.15, 0.2) is 0 Å². The average molecular weight is 429 g/mol. The van der Waals surface area contributed by atoms with E-state index in [1.807, 2.05) is 31.2 Å². The van der Waals surface area contributed by atoms with Crippen LogP contribution in [-0.2, 0) is 17.8 Å². The predicted octanol–water partition coefficient (Wildman–Crippen LogP) is 2.64. The second-order valence-corrected chi connectivity index (χ2v) is 7.50. The zero-order valence-corrected chi connectivity index (χ0v) is 17.6. The van der Waals surface area contributed by atoms with Gasteiger partial charge in [0.25, 0.3) is 11.5 Å². The lowest BCUT2D eigenvalue weighted by atomic mass is 10.2. The van der Waals surface area contributed by atoms with E-state index >= 15 is 0 Å². The standard InChI is InChI=1S/C24H23N5O3/c1-16-6-11-23(31)29(14-16)15-22(30)26-18-9-7-17(8-10-18)24(32)25-13-12-21-27-19-4-2-3-5-20(19)28-21/h2-11,14H,12-13,15H2,1H3,(H,25,32)(H,26,30)(H,27,28). The molecule has 0 radical (unpaired) electrons. The van der Waals surface area contributed by atoms with Gasteiger partial charge in [0.1, 0.15) is 12.4 Å². The van der Waals surface area contributed by atoms with Gasteiger partial charge in [-0.3, -0.25) is 14.4 Å². The lowest BCUT2D eigenvalue weighted by Crippen LogP contribution is -2.27. The second kappa shape index (κ2) is 9.30. The van der Waals surface area contributed by atoms with E-state index in [9.17, 15) is 14.4 Å². The first kappa shape index (κ1) is 21.0. The molecule has 0 aliphatic rings. The number of aromatic nitrogens is 3. The Morgan fingerprint density at radius 2 is 1.81 bits per heavy atom. The summed E-state index contributed by atoms with van der Waals surface area (Å²) in [6, 6.07) is 17.5. The molecule has 2 amide bonds. The van der Waals surface area contributed by atoms with Crippen molar-refractivity contribution in [2.24, 2.45) is 0 Å². The third-order valence-corrected chi connectivity index (χ3v) is 4.96. The van der Waals surface area contributed by atoms with Gasteiger partial charge in [0.2, 0.25) is 5.91 Å². The molecule has 0 aliphatic heterocycles. The number of hydrogen-bond donors (Lipinski definition) is 3. The van der Waals surface area contributed by atoms with E-state index in [1.165, 1.54) is 10.6 Å². The van der Waals surface area contributed by atoms with E-state index in [0.717, 1.165) is 22.4 Å². The molecule has 32 heavy (non-hydrogen) atoms. The zero-order valence-electron chi connectivity index (χ0n) is 17.6. The Kier molecular flexibility index (Phi) is 6.12. The van der Waals surface area contributed by atoms with Crippen molar-refractivity contribution in [2.75, 3.05) is 11.9 Å². The number of fused-ring (bicyclic) bond motifs is 1. The lowest BCUT2D eigenvalue weighted by molar-refractivity contribution is -0.116. The van der Waals surface area contributed by atoms with Crippen LogP contribution < -0.4 is 16.2 Å². The quantitative estimate of drug-likeness (QED) is 0.420. The summed E-state index contributed by atoms with van der Waals surface area (Å²) in [6.45, 7) is 2.22. The van der Waals surface area contributed by atoms with E-state index in [4.69, 9.17) is 0 Å². The van der Waals surface area contributed by atoms with Crippen molar-refractivity contribution in [1.29, 1.82) is 0 Å². The van der Waals surface area contributed by atoms with Gasteiger partial charge in [0, 0.05) is 36.5 Å². The van der Waals surface area contributed by atoms with Crippen LogP contribution >= 0.6 is 0 Å². The molecule has 2 aromatic heterocycles. The number of para-hydroxylation sites is 2. The molecule has 4 aromatic rings. The Labute approximate surface area is 184 Å². The highest BCUT2D eigenvalue weighted by atomic mass is 16.2. The molecule has 0 saturated heterocycles. The van der Waals surface area contributed by atoms with Crippen LogP contribution in [-0.4, -0.2) is 32.9 Å². The molecule has 0 saturated carbocycles. The van der Waals surface area contributed by atoms with Gasteiger partial charge in [-0.15, -0.1) is 0 Å². The Hall–Kier alpha value is -4.20. The van der Waals surface area contributed by atoms with Crippen molar-refractivity contribution < 1.29 is 9.59 Å². The number of amides is 2. The Balaban J connectivity index is 1.28. The van der Waals surface area contributed by atoms with Crippen molar-refractivity contribution >= 4 is 28.5 Å². The third kappa shape index (κ3) is 5.10. The third-order valence-electron chi connectivity index (χ3n) is 4.96. The first-order chi connectivity index (χ1) is 15.5.